The van der Waals surface area contributed by atoms with Gasteiger partial charge in [0.25, 0.3) is 5.69 Å². The number of nitro benzene ring substituents is 1. The molecule has 8 N–H and O–H groups in total. The molecule has 4 fully saturated rings. The number of rotatable bonds is 21. The SMILES string of the molecule is CC1O[C@@H](OC2[C@H](C)CC(C(=O)NCCCc3cn(CCc4c[nH]c5ccc([N+](=O)[O-])cc45)nn3)C[C@H]2O[C@@H]2O[C@@H](CO)[C@H](O)C(O[C@@H](CC3CCCCC3)C(=O)O)C2OC(=O)c2ccccc2)[C@@H](O)C(O)[C@@H]1O. The lowest BCUT2D eigenvalue weighted by Gasteiger charge is -2.48. The van der Waals surface area contributed by atoms with Crippen LogP contribution in [0.4, 0.5) is 5.69 Å². The number of aromatic nitrogens is 4. The van der Waals surface area contributed by atoms with Crippen LogP contribution in [-0.2, 0) is 57.4 Å². The predicted molar refractivity (Wildman–Crippen MR) is 259 cm³/mol. The molecule has 4 aliphatic rings. The third-order valence-corrected chi connectivity index (χ3v) is 14.9. The van der Waals surface area contributed by atoms with Crippen LogP contribution in [-0.4, -0.2) is 166 Å². The zero-order valence-corrected chi connectivity index (χ0v) is 41.4. The van der Waals surface area contributed by atoms with E-state index >= 15 is 0 Å². The molecule has 74 heavy (non-hydrogen) atoms. The molecule has 23 nitrogen and oxygen atoms in total. The number of nitro groups is 1. The number of nitrogens with zero attached hydrogens (tertiary/aromatic N) is 4. The number of esters is 1. The van der Waals surface area contributed by atoms with Crippen LogP contribution >= 0.6 is 0 Å². The quantitative estimate of drug-likeness (QED) is 0.0257. The van der Waals surface area contributed by atoms with Gasteiger partial charge in [-0.3, -0.25) is 19.6 Å². The maximum absolute atomic E-state index is 14.1. The molecular weight excluding hydrogens is 969 g/mol. The minimum absolute atomic E-state index is 0.00357. The summed E-state index contributed by atoms with van der Waals surface area (Å²) < 4.78 is 39.1. The number of aliphatic hydroxyl groups is 5. The minimum atomic E-state index is -1.71. The summed E-state index contributed by atoms with van der Waals surface area (Å²) in [6.07, 6.45) is -8.87. The number of carbonyl (C=O) groups excluding carboxylic acids is 2. The molecule has 1 amide bonds. The Kier molecular flexibility index (Phi) is 18.4. The van der Waals surface area contributed by atoms with Crippen LogP contribution in [0.15, 0.2) is 60.9 Å². The first kappa shape index (κ1) is 54.8. The van der Waals surface area contributed by atoms with Crippen molar-refractivity contribution in [2.24, 2.45) is 17.8 Å². The fourth-order valence-electron chi connectivity index (χ4n) is 10.7. The molecule has 15 atom stereocenters. The monoisotopic (exact) mass is 1040 g/mol. The van der Waals surface area contributed by atoms with Gasteiger partial charge < -0.3 is 69.4 Å². The molecule has 4 aromatic rings. The summed E-state index contributed by atoms with van der Waals surface area (Å²) >= 11 is 0. The number of fused-ring (bicyclic) bond motifs is 1. The topological polar surface area (TPSA) is 330 Å². The summed E-state index contributed by atoms with van der Waals surface area (Å²) in [7, 11) is 0. The number of hydrogen-bond acceptors (Lipinski definition) is 18. The first-order valence-electron chi connectivity index (χ1n) is 25.6. The van der Waals surface area contributed by atoms with Gasteiger partial charge >= 0.3 is 11.9 Å². The molecule has 23 heteroatoms. The van der Waals surface area contributed by atoms with E-state index in [1.165, 1.54) is 25.1 Å². The van der Waals surface area contributed by atoms with E-state index in [1.54, 1.807) is 41.9 Å². The van der Waals surface area contributed by atoms with Gasteiger partial charge in [-0.05, 0) is 81.0 Å². The van der Waals surface area contributed by atoms with Gasteiger partial charge in [0.2, 0.25) is 5.91 Å². The molecule has 0 radical (unpaired) electrons. The number of aromatic amines is 1. The Labute approximate surface area is 426 Å². The van der Waals surface area contributed by atoms with E-state index in [-0.39, 0.29) is 48.9 Å². The van der Waals surface area contributed by atoms with Crippen LogP contribution in [0.25, 0.3) is 10.9 Å². The summed E-state index contributed by atoms with van der Waals surface area (Å²) in [5.41, 5.74) is 2.50. The van der Waals surface area contributed by atoms with Gasteiger partial charge in [0.1, 0.15) is 36.6 Å². The summed E-state index contributed by atoms with van der Waals surface area (Å²) in [6, 6.07) is 12.6. The van der Waals surface area contributed by atoms with Crippen molar-refractivity contribution in [3.05, 3.63) is 87.9 Å². The van der Waals surface area contributed by atoms with E-state index in [0.29, 0.717) is 31.5 Å². The fraction of sp³-hybridized carbons (Fsp3) is 0.627. The Morgan fingerprint density at radius 3 is 2.42 bits per heavy atom. The summed E-state index contributed by atoms with van der Waals surface area (Å²) in [5, 5.41) is 88.6. The molecule has 4 heterocycles. The summed E-state index contributed by atoms with van der Waals surface area (Å²) in [5.74, 6) is -3.70. The van der Waals surface area contributed by atoms with Crippen molar-refractivity contribution >= 4 is 34.4 Å². The number of nitrogens with one attached hydrogen (secondary N) is 2. The highest BCUT2D eigenvalue weighted by Gasteiger charge is 2.54. The average molecular weight is 1040 g/mol. The second kappa shape index (κ2) is 24.9. The van der Waals surface area contributed by atoms with Crippen LogP contribution < -0.4 is 5.32 Å². The normalized spacial score (nSPS) is 31.2. The number of amides is 1. The Balaban J connectivity index is 0.979. The van der Waals surface area contributed by atoms with E-state index in [9.17, 15) is 55.1 Å². The number of carbonyl (C=O) groups is 3. The first-order valence-corrected chi connectivity index (χ1v) is 25.6. The van der Waals surface area contributed by atoms with Crippen LogP contribution in [0.2, 0.25) is 0 Å². The van der Waals surface area contributed by atoms with Crippen molar-refractivity contribution < 1.29 is 78.4 Å². The van der Waals surface area contributed by atoms with Gasteiger partial charge in [0.15, 0.2) is 24.8 Å². The highest BCUT2D eigenvalue weighted by Crippen LogP contribution is 2.39. The average Bonchev–Trinajstić information content (AvgIpc) is 4.04. The number of aliphatic carboxylic acids is 1. The van der Waals surface area contributed by atoms with E-state index in [0.717, 1.165) is 48.6 Å². The molecule has 0 spiro atoms. The molecule has 2 saturated heterocycles. The lowest BCUT2D eigenvalue weighted by atomic mass is 9.77. The Morgan fingerprint density at radius 1 is 0.919 bits per heavy atom. The van der Waals surface area contributed by atoms with Gasteiger partial charge in [-0.1, -0.05) is 62.4 Å². The largest absolute Gasteiger partial charge is 0.479 e. The van der Waals surface area contributed by atoms with Crippen molar-refractivity contribution in [2.75, 3.05) is 13.2 Å². The van der Waals surface area contributed by atoms with E-state index in [1.807, 2.05) is 12.4 Å². The zero-order chi connectivity index (χ0) is 52.6. The fourth-order valence-corrected chi connectivity index (χ4v) is 10.7. The Bertz CT molecular complexity index is 2510. The van der Waals surface area contributed by atoms with Crippen molar-refractivity contribution in [1.29, 1.82) is 0 Å². The summed E-state index contributed by atoms with van der Waals surface area (Å²) in [4.78, 5) is 54.8. The van der Waals surface area contributed by atoms with Crippen LogP contribution in [0, 0.1) is 27.9 Å². The highest BCUT2D eigenvalue weighted by molar-refractivity contribution is 5.89. The van der Waals surface area contributed by atoms with Crippen molar-refractivity contribution in [3.8, 4) is 0 Å². The molecule has 2 saturated carbocycles. The number of benzene rings is 2. The zero-order valence-electron chi connectivity index (χ0n) is 41.4. The second-order valence-corrected chi connectivity index (χ2v) is 20.1. The predicted octanol–water partition coefficient (Wildman–Crippen LogP) is 2.72. The maximum Gasteiger partial charge on any atom is 0.338 e. The Hall–Kier alpha value is -5.47. The molecule has 2 aromatic carbocycles. The van der Waals surface area contributed by atoms with Crippen LogP contribution in [0.1, 0.15) is 93.3 Å². The van der Waals surface area contributed by atoms with E-state index in [4.69, 9.17) is 28.4 Å². The van der Waals surface area contributed by atoms with Crippen LogP contribution in [0.3, 0.4) is 0 Å². The molecule has 404 valence electrons. The number of carboxylic acid groups (broad SMARTS) is 1. The van der Waals surface area contributed by atoms with Crippen LogP contribution in [0.5, 0.6) is 0 Å². The molecular formula is C51H68N6O17. The van der Waals surface area contributed by atoms with Gasteiger partial charge in [-0.2, -0.15) is 0 Å². The standard InChI is InChI=1S/C51H68N6O17/c1-27-20-32(47(63)52-18-9-14-33-25-56(55-54-33)19-17-31-24-53-36-16-15-34(57(67)68)23-35(31)36)22-37(44(27)74-50-43(62)42(61)40(59)28(2)69-50)71-51-46(73-49(66)30-12-7-4-8-13-30)45(41(60)39(26-58)72-51)70-38(48(64)65)21-29-10-5-3-6-11-29/h4,7-8,12-13,15-16,23-25,27-29,32,37-46,50-51,53,58-62H,3,5-6,9-11,14,17-22,26H2,1-2H3,(H,52,63)(H,64,65)/t27-,28?,32?,37-,38+,39+,40-,41+,42?,43+,44?,45?,46?,50+,51-/m1/s1. The minimum Gasteiger partial charge on any atom is -0.479 e. The van der Waals surface area contributed by atoms with Gasteiger partial charge in [0.05, 0.1) is 41.1 Å². The highest BCUT2D eigenvalue weighted by atomic mass is 16.7. The first-order chi connectivity index (χ1) is 35.6. The molecule has 8 rings (SSSR count). The van der Waals surface area contributed by atoms with Gasteiger partial charge in [0, 0.05) is 54.4 Å². The van der Waals surface area contributed by atoms with Crippen molar-refractivity contribution in [2.45, 2.75) is 171 Å². The lowest BCUT2D eigenvalue weighted by Crippen LogP contribution is -2.64. The number of aliphatic hydroxyl groups excluding tert-OH is 5. The third kappa shape index (κ3) is 13.1. The molecule has 2 aliphatic heterocycles. The third-order valence-electron chi connectivity index (χ3n) is 14.9. The molecule has 2 aromatic heterocycles. The maximum atomic E-state index is 14.1. The number of ether oxygens (including phenoxy) is 6. The van der Waals surface area contributed by atoms with E-state index < -0.39 is 115 Å². The van der Waals surface area contributed by atoms with Gasteiger partial charge in [-0.15, -0.1) is 5.10 Å². The molecule has 0 bridgehead atoms. The number of non-ortho nitro benzene ring substituents is 1. The smallest absolute Gasteiger partial charge is 0.338 e. The van der Waals surface area contributed by atoms with Crippen molar-refractivity contribution in [1.82, 2.24) is 25.3 Å². The number of H-pyrrole nitrogens is 1. The number of aryl methyl sites for hydroxylation is 3. The van der Waals surface area contributed by atoms with E-state index in [2.05, 4.69) is 20.6 Å². The van der Waals surface area contributed by atoms with Crippen molar-refractivity contribution in [3.63, 3.8) is 0 Å². The lowest BCUT2D eigenvalue weighted by molar-refractivity contribution is -0.384. The Morgan fingerprint density at radius 2 is 1.69 bits per heavy atom. The number of carboxylic acids is 1. The summed E-state index contributed by atoms with van der Waals surface area (Å²) in [6.45, 7) is 3.26. The molecule has 2 aliphatic carbocycles. The number of hydrogen-bond donors (Lipinski definition) is 8. The van der Waals surface area contributed by atoms with Gasteiger partial charge in [-0.25, -0.2) is 9.59 Å². The second-order valence-electron chi connectivity index (χ2n) is 20.1. The molecule has 6 unspecified atom stereocenters.